The van der Waals surface area contributed by atoms with Crippen molar-refractivity contribution in [3.8, 4) is 11.5 Å². The number of rotatable bonds is 10. The van der Waals surface area contributed by atoms with Gasteiger partial charge in [0.05, 0.1) is 19.4 Å². The number of amides is 1. The summed E-state index contributed by atoms with van der Waals surface area (Å²) in [4.78, 5) is 24.3. The van der Waals surface area contributed by atoms with Gasteiger partial charge in [-0.05, 0) is 50.2 Å². The number of hydrogen-bond acceptors (Lipinski definition) is 6. The molecule has 0 aliphatic heterocycles. The molecule has 1 amide bonds. The summed E-state index contributed by atoms with van der Waals surface area (Å²) in [5.74, 6) is 0.285. The van der Waals surface area contributed by atoms with Gasteiger partial charge in [0.2, 0.25) is 0 Å². The highest BCUT2D eigenvalue weighted by Gasteiger charge is 2.16. The number of para-hydroxylation sites is 2. The minimum Gasteiger partial charge on any atom is -0.495 e. The molecule has 2 rings (SSSR count). The monoisotopic (exact) mass is 387 g/mol. The van der Waals surface area contributed by atoms with E-state index >= 15 is 0 Å². The number of hydrogen-bond donors (Lipinski definition) is 1. The van der Waals surface area contributed by atoms with Gasteiger partial charge in [-0.15, -0.1) is 0 Å². The van der Waals surface area contributed by atoms with Crippen LogP contribution < -0.4 is 14.8 Å². The summed E-state index contributed by atoms with van der Waals surface area (Å²) in [5.41, 5.74) is 1.03. The van der Waals surface area contributed by atoms with E-state index in [4.69, 9.17) is 18.9 Å². The Balaban J connectivity index is 1.90. The molecule has 0 bridgehead atoms. The zero-order valence-electron chi connectivity index (χ0n) is 16.3. The highest BCUT2D eigenvalue weighted by atomic mass is 16.6. The van der Waals surface area contributed by atoms with Crippen molar-refractivity contribution in [2.75, 3.05) is 32.2 Å². The van der Waals surface area contributed by atoms with Crippen LogP contribution in [0.25, 0.3) is 0 Å². The molecular weight excluding hydrogens is 362 g/mol. The van der Waals surface area contributed by atoms with Crippen LogP contribution in [0.2, 0.25) is 0 Å². The summed E-state index contributed by atoms with van der Waals surface area (Å²) >= 11 is 0. The molecule has 0 aliphatic carbocycles. The average Bonchev–Trinajstić information content (AvgIpc) is 2.72. The number of esters is 1. The van der Waals surface area contributed by atoms with Crippen molar-refractivity contribution in [2.45, 2.75) is 20.0 Å². The predicted molar refractivity (Wildman–Crippen MR) is 105 cm³/mol. The van der Waals surface area contributed by atoms with Crippen LogP contribution in [0.5, 0.6) is 11.5 Å². The largest absolute Gasteiger partial charge is 0.495 e. The van der Waals surface area contributed by atoms with Gasteiger partial charge in [0.25, 0.3) is 5.91 Å². The Morgan fingerprint density at radius 3 is 2.43 bits per heavy atom. The van der Waals surface area contributed by atoms with Crippen molar-refractivity contribution in [3.05, 3.63) is 54.1 Å². The maximum absolute atomic E-state index is 12.4. The molecule has 28 heavy (non-hydrogen) atoms. The zero-order valence-corrected chi connectivity index (χ0v) is 16.3. The van der Waals surface area contributed by atoms with E-state index < -0.39 is 12.1 Å². The number of carbonyl (C=O) groups is 2. The summed E-state index contributed by atoms with van der Waals surface area (Å²) in [6.07, 6.45) is -0.769. The van der Waals surface area contributed by atoms with Crippen LogP contribution in [-0.2, 0) is 14.3 Å². The van der Waals surface area contributed by atoms with E-state index in [1.807, 2.05) is 19.1 Å². The Morgan fingerprint density at radius 2 is 1.75 bits per heavy atom. The Hall–Kier alpha value is -3.06. The Kier molecular flexibility index (Phi) is 8.30. The van der Waals surface area contributed by atoms with Gasteiger partial charge in [0.1, 0.15) is 18.1 Å². The lowest BCUT2D eigenvalue weighted by atomic mass is 10.2. The fourth-order valence-corrected chi connectivity index (χ4v) is 2.34. The smallest absolute Gasteiger partial charge is 0.347 e. The van der Waals surface area contributed by atoms with Gasteiger partial charge >= 0.3 is 5.97 Å². The maximum atomic E-state index is 12.4. The Labute approximate surface area is 164 Å². The lowest BCUT2D eigenvalue weighted by molar-refractivity contribution is -0.152. The standard InChI is InChI=1S/C21H25NO6/c1-4-26-13-14-27-21(24)15(2)28-17-11-9-16(10-12-17)20(23)22-18-7-5-6-8-19(18)25-3/h5-12,15H,4,13-14H2,1-3H3,(H,22,23)/t15-/m1/s1. The first kappa shape index (κ1) is 21.2. The van der Waals surface area contributed by atoms with Crippen molar-refractivity contribution in [1.82, 2.24) is 0 Å². The lowest BCUT2D eigenvalue weighted by Crippen LogP contribution is -2.27. The molecular formula is C21H25NO6. The number of benzene rings is 2. The fraction of sp³-hybridized carbons (Fsp3) is 0.333. The average molecular weight is 387 g/mol. The number of methoxy groups -OCH3 is 1. The molecule has 0 saturated heterocycles. The number of ether oxygens (including phenoxy) is 4. The second-order valence-electron chi connectivity index (χ2n) is 5.80. The number of nitrogens with one attached hydrogen (secondary N) is 1. The van der Waals surface area contributed by atoms with E-state index in [2.05, 4.69) is 5.32 Å². The predicted octanol–water partition coefficient (Wildman–Crippen LogP) is 3.29. The number of carbonyl (C=O) groups excluding carboxylic acids is 2. The van der Waals surface area contributed by atoms with Gasteiger partial charge in [-0.1, -0.05) is 12.1 Å². The van der Waals surface area contributed by atoms with E-state index in [1.165, 1.54) is 0 Å². The molecule has 7 heteroatoms. The molecule has 1 atom stereocenters. The second kappa shape index (κ2) is 10.9. The molecule has 1 N–H and O–H groups in total. The highest BCUT2D eigenvalue weighted by molar-refractivity contribution is 6.05. The first-order valence-electron chi connectivity index (χ1n) is 9.00. The van der Waals surface area contributed by atoms with Crippen molar-refractivity contribution in [1.29, 1.82) is 0 Å². The SMILES string of the molecule is CCOCCOC(=O)[C@@H](C)Oc1ccc(C(=O)Nc2ccccc2OC)cc1. The van der Waals surface area contributed by atoms with Crippen molar-refractivity contribution >= 4 is 17.6 Å². The molecule has 0 heterocycles. The van der Waals surface area contributed by atoms with Crippen LogP contribution in [0, 0.1) is 0 Å². The van der Waals surface area contributed by atoms with Crippen molar-refractivity contribution in [3.63, 3.8) is 0 Å². The lowest BCUT2D eigenvalue weighted by Gasteiger charge is -2.14. The van der Waals surface area contributed by atoms with Crippen LogP contribution in [0.1, 0.15) is 24.2 Å². The third-order valence-electron chi connectivity index (χ3n) is 3.79. The molecule has 0 aromatic heterocycles. The van der Waals surface area contributed by atoms with Gasteiger partial charge in [-0.25, -0.2) is 4.79 Å². The third-order valence-corrected chi connectivity index (χ3v) is 3.79. The van der Waals surface area contributed by atoms with Crippen molar-refractivity contribution in [2.24, 2.45) is 0 Å². The minimum absolute atomic E-state index is 0.183. The van der Waals surface area contributed by atoms with Crippen LogP contribution in [0.15, 0.2) is 48.5 Å². The summed E-state index contributed by atoms with van der Waals surface area (Å²) in [7, 11) is 1.54. The molecule has 2 aromatic carbocycles. The van der Waals surface area contributed by atoms with Crippen molar-refractivity contribution < 1.29 is 28.5 Å². The topological polar surface area (TPSA) is 83.1 Å². The van der Waals surface area contributed by atoms with Crippen LogP contribution in [-0.4, -0.2) is 44.9 Å². The first-order chi connectivity index (χ1) is 13.5. The maximum Gasteiger partial charge on any atom is 0.347 e. The quantitative estimate of drug-likeness (QED) is 0.498. The second-order valence-corrected chi connectivity index (χ2v) is 5.80. The normalized spacial score (nSPS) is 11.4. The molecule has 2 aromatic rings. The van der Waals surface area contributed by atoms with E-state index in [-0.39, 0.29) is 12.5 Å². The number of anilines is 1. The van der Waals surface area contributed by atoms with E-state index in [0.29, 0.717) is 36.0 Å². The molecule has 0 radical (unpaired) electrons. The molecule has 0 fully saturated rings. The van der Waals surface area contributed by atoms with Crippen LogP contribution >= 0.6 is 0 Å². The molecule has 0 saturated carbocycles. The summed E-state index contributed by atoms with van der Waals surface area (Å²) in [5, 5.41) is 2.80. The minimum atomic E-state index is -0.769. The third kappa shape index (κ3) is 6.28. The zero-order chi connectivity index (χ0) is 20.4. The molecule has 150 valence electrons. The fourth-order valence-electron chi connectivity index (χ4n) is 2.34. The van der Waals surface area contributed by atoms with Crippen LogP contribution in [0.3, 0.4) is 0 Å². The van der Waals surface area contributed by atoms with Gasteiger partial charge < -0.3 is 24.3 Å². The van der Waals surface area contributed by atoms with Gasteiger partial charge in [0, 0.05) is 12.2 Å². The highest BCUT2D eigenvalue weighted by Crippen LogP contribution is 2.24. The van der Waals surface area contributed by atoms with Gasteiger partial charge in [-0.3, -0.25) is 4.79 Å². The molecule has 0 aliphatic rings. The van der Waals surface area contributed by atoms with E-state index in [1.54, 1.807) is 50.4 Å². The van der Waals surface area contributed by atoms with Gasteiger partial charge in [0.15, 0.2) is 6.10 Å². The van der Waals surface area contributed by atoms with E-state index in [9.17, 15) is 9.59 Å². The molecule has 0 spiro atoms. The summed E-state index contributed by atoms with van der Waals surface area (Å²) in [6, 6.07) is 13.6. The molecule has 0 unspecified atom stereocenters. The molecule has 7 nitrogen and oxygen atoms in total. The Bertz CT molecular complexity index is 775. The Morgan fingerprint density at radius 1 is 1.04 bits per heavy atom. The van der Waals surface area contributed by atoms with Crippen LogP contribution in [0.4, 0.5) is 5.69 Å². The first-order valence-corrected chi connectivity index (χ1v) is 9.00. The summed E-state index contributed by atoms with van der Waals surface area (Å²) < 4.78 is 21.0. The summed E-state index contributed by atoms with van der Waals surface area (Å²) in [6.45, 7) is 4.58. The van der Waals surface area contributed by atoms with E-state index in [0.717, 1.165) is 0 Å². The van der Waals surface area contributed by atoms with Gasteiger partial charge in [-0.2, -0.15) is 0 Å².